The van der Waals surface area contributed by atoms with E-state index in [1.54, 1.807) is 0 Å². The number of benzene rings is 1. The van der Waals surface area contributed by atoms with E-state index in [2.05, 4.69) is 0 Å². The normalized spacial score (nSPS) is 13.9. The quantitative estimate of drug-likeness (QED) is 0.868. The van der Waals surface area contributed by atoms with Crippen LogP contribution in [0, 0.1) is 0 Å². The maximum absolute atomic E-state index is 8.72. The van der Waals surface area contributed by atoms with Gasteiger partial charge in [0.15, 0.2) is 0 Å². The molecule has 0 atom stereocenters. The minimum atomic E-state index is 0.220. The van der Waals surface area contributed by atoms with Crippen molar-refractivity contribution in [1.29, 1.82) is 0 Å². The zero-order chi connectivity index (χ0) is 12.7. The van der Waals surface area contributed by atoms with E-state index in [1.165, 1.54) is 0 Å². The zero-order valence-electron chi connectivity index (χ0n) is 10.6. The number of hydrogen-bond donors (Lipinski definition) is 1. The lowest BCUT2D eigenvalue weighted by atomic mass is 10.1. The van der Waals surface area contributed by atoms with E-state index in [9.17, 15) is 0 Å². The molecule has 1 aliphatic carbocycles. The molecule has 0 amide bonds. The van der Waals surface area contributed by atoms with Gasteiger partial charge < -0.3 is 9.84 Å². The zero-order valence-corrected chi connectivity index (χ0v) is 11.3. The first-order valence-electron chi connectivity index (χ1n) is 6.35. The topological polar surface area (TPSA) is 29.5 Å². The van der Waals surface area contributed by atoms with Crippen LogP contribution in [0.5, 0.6) is 5.75 Å². The van der Waals surface area contributed by atoms with Gasteiger partial charge in [-0.25, -0.2) is 0 Å². The molecule has 1 aromatic rings. The molecule has 1 aliphatic rings. The number of hydrogen-bond acceptors (Lipinski definition) is 2. The minimum absolute atomic E-state index is 0.220. The van der Waals surface area contributed by atoms with Crippen LogP contribution in [0.2, 0.25) is 5.02 Å². The Labute approximate surface area is 109 Å². The summed E-state index contributed by atoms with van der Waals surface area (Å²) in [5, 5.41) is 9.40. The summed E-state index contributed by atoms with van der Waals surface area (Å²) in [6.07, 6.45) is 4.30. The van der Waals surface area contributed by atoms with Gasteiger partial charge >= 0.3 is 0 Å². The van der Waals surface area contributed by atoms with Crippen LogP contribution in [0.1, 0.15) is 38.7 Å². The highest BCUT2D eigenvalue weighted by Gasteiger charge is 2.24. The third kappa shape index (κ3) is 4.97. The van der Waals surface area contributed by atoms with Crippen molar-refractivity contribution in [2.75, 3.05) is 6.61 Å². The average Bonchev–Trinajstić information content (AvgIpc) is 3.16. The maximum Gasteiger partial charge on any atom is 0.138 e. The third-order valence-electron chi connectivity index (χ3n) is 2.44. The van der Waals surface area contributed by atoms with Crippen LogP contribution >= 0.6 is 11.6 Å². The largest absolute Gasteiger partial charge is 0.489 e. The van der Waals surface area contributed by atoms with Crippen molar-refractivity contribution in [3.63, 3.8) is 0 Å². The molecule has 96 valence electrons. The van der Waals surface area contributed by atoms with Crippen LogP contribution in [-0.4, -0.2) is 17.8 Å². The van der Waals surface area contributed by atoms with Gasteiger partial charge in [-0.05, 0) is 43.4 Å². The number of aliphatic hydroxyl groups is 1. The molecule has 0 unspecified atom stereocenters. The van der Waals surface area contributed by atoms with Crippen LogP contribution in [0.4, 0.5) is 0 Å². The predicted octanol–water partition coefficient (Wildman–Crippen LogP) is 3.83. The molecule has 1 saturated carbocycles. The molecular formula is C14H21ClO2. The Morgan fingerprint density at radius 1 is 1.35 bits per heavy atom. The Kier molecular flexibility index (Phi) is 6.38. The molecule has 1 N–H and O–H groups in total. The van der Waals surface area contributed by atoms with Gasteiger partial charge in [-0.3, -0.25) is 0 Å². The second kappa shape index (κ2) is 7.57. The monoisotopic (exact) mass is 256 g/mol. The molecule has 3 heteroatoms. The van der Waals surface area contributed by atoms with Gasteiger partial charge in [-0.1, -0.05) is 31.5 Å². The predicted molar refractivity (Wildman–Crippen MR) is 71.9 cm³/mol. The summed E-state index contributed by atoms with van der Waals surface area (Å²) in [5.41, 5.74) is 1.15. The van der Waals surface area contributed by atoms with Crippen LogP contribution < -0.4 is 4.74 Å². The second-order valence-corrected chi connectivity index (χ2v) is 4.32. The van der Waals surface area contributed by atoms with Crippen molar-refractivity contribution >= 4 is 11.6 Å². The number of ether oxygens (including phenoxy) is 1. The molecule has 1 aromatic carbocycles. The Morgan fingerprint density at radius 2 is 2.06 bits per heavy atom. The summed E-state index contributed by atoms with van der Waals surface area (Å²) in [4.78, 5) is 0. The van der Waals surface area contributed by atoms with E-state index < -0.39 is 0 Å². The van der Waals surface area contributed by atoms with Gasteiger partial charge in [0.05, 0.1) is 11.1 Å². The van der Waals surface area contributed by atoms with Crippen molar-refractivity contribution in [1.82, 2.24) is 0 Å². The van der Waals surface area contributed by atoms with E-state index in [4.69, 9.17) is 21.4 Å². The second-order valence-electron chi connectivity index (χ2n) is 3.91. The van der Waals surface area contributed by atoms with E-state index in [-0.39, 0.29) is 6.61 Å². The lowest BCUT2D eigenvalue weighted by Crippen LogP contribution is -1.97. The average molecular weight is 257 g/mol. The Balaban J connectivity index is 0.000000686. The van der Waals surface area contributed by atoms with Crippen LogP contribution in [0.25, 0.3) is 0 Å². The molecule has 2 rings (SSSR count). The van der Waals surface area contributed by atoms with Crippen LogP contribution in [0.15, 0.2) is 18.2 Å². The summed E-state index contributed by atoms with van der Waals surface area (Å²) >= 11 is 6.09. The SMILES string of the molecule is CC.OCCCc1ccc(OC2CC2)c(Cl)c1. The number of aryl methyl sites for hydroxylation is 1. The Morgan fingerprint density at radius 3 is 2.59 bits per heavy atom. The summed E-state index contributed by atoms with van der Waals surface area (Å²) < 4.78 is 5.63. The molecule has 0 bridgehead atoms. The van der Waals surface area contributed by atoms with Crippen molar-refractivity contribution < 1.29 is 9.84 Å². The molecule has 0 heterocycles. The van der Waals surface area contributed by atoms with E-state index in [1.807, 2.05) is 32.0 Å². The molecule has 0 radical (unpaired) electrons. The maximum atomic E-state index is 8.72. The minimum Gasteiger partial charge on any atom is -0.489 e. The molecule has 17 heavy (non-hydrogen) atoms. The third-order valence-corrected chi connectivity index (χ3v) is 2.73. The Bertz CT molecular complexity index is 335. The van der Waals surface area contributed by atoms with Gasteiger partial charge in [0.25, 0.3) is 0 Å². The molecule has 0 spiro atoms. The summed E-state index contributed by atoms with van der Waals surface area (Å²) in [6, 6.07) is 5.86. The standard InChI is InChI=1S/C12H15ClO2.C2H6/c13-11-8-9(2-1-7-14)3-6-12(11)15-10-4-5-10;1-2/h3,6,8,10,14H,1-2,4-5,7H2;1-2H3. The van der Waals surface area contributed by atoms with Crippen LogP contribution in [0.3, 0.4) is 0 Å². The van der Waals surface area contributed by atoms with E-state index in [0.717, 1.165) is 37.0 Å². The van der Waals surface area contributed by atoms with E-state index >= 15 is 0 Å². The van der Waals surface area contributed by atoms with E-state index in [0.29, 0.717) is 11.1 Å². The molecular weight excluding hydrogens is 236 g/mol. The number of halogens is 1. The van der Waals surface area contributed by atoms with Crippen LogP contribution in [-0.2, 0) is 6.42 Å². The molecule has 2 nitrogen and oxygen atoms in total. The molecule has 0 aliphatic heterocycles. The summed E-state index contributed by atoms with van der Waals surface area (Å²) in [6.45, 7) is 4.22. The van der Waals surface area contributed by atoms with Crippen molar-refractivity contribution in [3.8, 4) is 5.75 Å². The van der Waals surface area contributed by atoms with Gasteiger partial charge in [0, 0.05) is 6.61 Å². The molecule has 0 saturated heterocycles. The highest BCUT2D eigenvalue weighted by atomic mass is 35.5. The van der Waals surface area contributed by atoms with Gasteiger partial charge in [-0.15, -0.1) is 0 Å². The van der Waals surface area contributed by atoms with Gasteiger partial charge in [0.1, 0.15) is 5.75 Å². The smallest absolute Gasteiger partial charge is 0.138 e. The summed E-state index contributed by atoms with van der Waals surface area (Å²) in [5.74, 6) is 0.784. The fraction of sp³-hybridized carbons (Fsp3) is 0.571. The highest BCUT2D eigenvalue weighted by molar-refractivity contribution is 6.32. The van der Waals surface area contributed by atoms with Crippen molar-refractivity contribution in [3.05, 3.63) is 28.8 Å². The summed E-state index contributed by atoms with van der Waals surface area (Å²) in [7, 11) is 0. The first-order chi connectivity index (χ1) is 8.29. The van der Waals surface area contributed by atoms with Crippen molar-refractivity contribution in [2.24, 2.45) is 0 Å². The first kappa shape index (κ1) is 14.3. The lowest BCUT2D eigenvalue weighted by molar-refractivity contribution is 0.288. The van der Waals surface area contributed by atoms with Crippen molar-refractivity contribution in [2.45, 2.75) is 45.6 Å². The van der Waals surface area contributed by atoms with Gasteiger partial charge in [0.2, 0.25) is 0 Å². The fourth-order valence-corrected chi connectivity index (χ4v) is 1.69. The fourth-order valence-electron chi connectivity index (χ4n) is 1.44. The molecule has 0 aromatic heterocycles. The number of rotatable bonds is 5. The Hall–Kier alpha value is -0.730. The molecule has 1 fully saturated rings. The first-order valence-corrected chi connectivity index (χ1v) is 6.73. The number of aliphatic hydroxyl groups excluding tert-OH is 1. The lowest BCUT2D eigenvalue weighted by Gasteiger charge is -2.08. The van der Waals surface area contributed by atoms with Gasteiger partial charge in [-0.2, -0.15) is 0 Å². The highest BCUT2D eigenvalue weighted by Crippen LogP contribution is 2.32.